The van der Waals surface area contributed by atoms with Gasteiger partial charge in [0.15, 0.2) is 8.32 Å². The van der Waals surface area contributed by atoms with E-state index in [-0.39, 0.29) is 17.5 Å². The van der Waals surface area contributed by atoms with E-state index in [9.17, 15) is 9.59 Å². The molecule has 5 nitrogen and oxygen atoms in total. The number of nitrogens with zero attached hydrogens (tertiary/aromatic N) is 1. The first kappa shape index (κ1) is 19.4. The second-order valence-corrected chi connectivity index (χ2v) is 12.0. The van der Waals surface area contributed by atoms with E-state index in [0.29, 0.717) is 13.0 Å². The van der Waals surface area contributed by atoms with Crippen molar-refractivity contribution in [2.75, 3.05) is 18.5 Å². The second kappa shape index (κ2) is 7.74. The summed E-state index contributed by atoms with van der Waals surface area (Å²) in [6.07, 6.45) is 0.521. The van der Waals surface area contributed by atoms with Gasteiger partial charge in [-0.05, 0) is 35.8 Å². The molecule has 0 atom stereocenters. The first-order valence-corrected chi connectivity index (χ1v) is 10.7. The maximum atomic E-state index is 11.8. The van der Waals surface area contributed by atoms with Crippen molar-refractivity contribution in [3.8, 4) is 0 Å². The first-order valence-electron chi connectivity index (χ1n) is 7.75. The highest BCUT2D eigenvalue weighted by Crippen LogP contribution is 2.37. The lowest BCUT2D eigenvalue weighted by atomic mass is 10.2. The fourth-order valence-electron chi connectivity index (χ4n) is 1.69. The van der Waals surface area contributed by atoms with Crippen LogP contribution in [0.5, 0.6) is 0 Å². The molecule has 6 heteroatoms. The Labute approximate surface area is 140 Å². The lowest BCUT2D eigenvalue weighted by Crippen LogP contribution is -2.40. The summed E-state index contributed by atoms with van der Waals surface area (Å²) < 4.78 is 6.19. The fraction of sp³-hybridized carbons (Fsp3) is 0.529. The van der Waals surface area contributed by atoms with Crippen LogP contribution in [0.15, 0.2) is 24.3 Å². The number of nitrogens with one attached hydrogen (secondary N) is 1. The third-order valence-electron chi connectivity index (χ3n) is 4.44. The maximum Gasteiger partial charge on any atom is 0.246 e. The predicted molar refractivity (Wildman–Crippen MR) is 95.9 cm³/mol. The molecule has 0 aromatic heterocycles. The van der Waals surface area contributed by atoms with Gasteiger partial charge in [-0.15, -0.1) is 0 Å². The molecule has 0 fully saturated rings. The molecule has 1 aromatic rings. The summed E-state index contributed by atoms with van der Waals surface area (Å²) in [6.45, 7) is 11.7. The van der Waals surface area contributed by atoms with Gasteiger partial charge in [0, 0.05) is 12.7 Å². The van der Waals surface area contributed by atoms with Gasteiger partial charge in [0.2, 0.25) is 12.3 Å². The third-order valence-corrected chi connectivity index (χ3v) is 8.92. The van der Waals surface area contributed by atoms with Crippen LogP contribution in [0, 0.1) is 0 Å². The number of hydrogen-bond donors (Lipinski definition) is 1. The van der Waals surface area contributed by atoms with Gasteiger partial charge in [0.05, 0.1) is 13.2 Å². The van der Waals surface area contributed by atoms with Crippen molar-refractivity contribution in [1.29, 1.82) is 0 Å². The molecule has 0 saturated carbocycles. The van der Waals surface area contributed by atoms with Crippen molar-refractivity contribution in [2.45, 2.75) is 45.5 Å². The normalized spacial score (nSPS) is 11.9. The van der Waals surface area contributed by atoms with Crippen LogP contribution in [0.25, 0.3) is 0 Å². The van der Waals surface area contributed by atoms with E-state index < -0.39 is 8.32 Å². The number of benzene rings is 1. The molecular weight excluding hydrogens is 308 g/mol. The van der Waals surface area contributed by atoms with Crippen LogP contribution in [0.4, 0.5) is 5.69 Å². The highest BCUT2D eigenvalue weighted by atomic mass is 28.4. The molecular formula is C17H28N2O3Si. The summed E-state index contributed by atoms with van der Waals surface area (Å²) in [6, 6.07) is 7.73. The Balaban J connectivity index is 2.67. The predicted octanol–water partition coefficient (Wildman–Crippen LogP) is 2.92. The van der Waals surface area contributed by atoms with E-state index in [1.54, 1.807) is 7.05 Å². The van der Waals surface area contributed by atoms with Gasteiger partial charge in [0.1, 0.15) is 0 Å². The summed E-state index contributed by atoms with van der Waals surface area (Å²) in [7, 11) is -0.0714. The molecule has 128 valence electrons. The van der Waals surface area contributed by atoms with E-state index in [0.717, 1.165) is 11.3 Å². The van der Waals surface area contributed by atoms with Crippen LogP contribution < -0.4 is 10.2 Å². The zero-order chi connectivity index (χ0) is 17.7. The second-order valence-electron chi connectivity index (χ2n) is 7.17. The van der Waals surface area contributed by atoms with Gasteiger partial charge in [-0.3, -0.25) is 9.59 Å². The van der Waals surface area contributed by atoms with Gasteiger partial charge in [-0.25, -0.2) is 0 Å². The lowest BCUT2D eigenvalue weighted by molar-refractivity contribution is -0.119. The quantitative estimate of drug-likeness (QED) is 0.615. The first-order chi connectivity index (χ1) is 10.6. The van der Waals surface area contributed by atoms with E-state index in [4.69, 9.17) is 4.43 Å². The Bertz CT molecular complexity index is 536. The molecule has 0 spiro atoms. The third kappa shape index (κ3) is 5.48. The summed E-state index contributed by atoms with van der Waals surface area (Å²) in [4.78, 5) is 23.6. The molecule has 2 amide bonds. The van der Waals surface area contributed by atoms with Gasteiger partial charge in [-0.2, -0.15) is 0 Å². The minimum Gasteiger partial charge on any atom is -0.413 e. The Morgan fingerprint density at radius 1 is 1.26 bits per heavy atom. The summed E-state index contributed by atoms with van der Waals surface area (Å²) in [5.74, 6) is -0.164. The Morgan fingerprint density at radius 3 is 2.30 bits per heavy atom. The minimum absolute atomic E-state index is 0.00374. The highest BCUT2D eigenvalue weighted by Gasteiger charge is 2.36. The molecule has 23 heavy (non-hydrogen) atoms. The zero-order valence-corrected chi connectivity index (χ0v) is 16.0. The average molecular weight is 337 g/mol. The summed E-state index contributed by atoms with van der Waals surface area (Å²) >= 11 is 0. The van der Waals surface area contributed by atoms with Crippen LogP contribution in [0.2, 0.25) is 18.1 Å². The highest BCUT2D eigenvalue weighted by molar-refractivity contribution is 6.74. The molecule has 0 aliphatic heterocycles. The molecule has 1 aromatic carbocycles. The molecule has 0 bridgehead atoms. The smallest absolute Gasteiger partial charge is 0.246 e. The topological polar surface area (TPSA) is 58.6 Å². The van der Waals surface area contributed by atoms with Crippen molar-refractivity contribution >= 4 is 26.3 Å². The van der Waals surface area contributed by atoms with Gasteiger partial charge in [-0.1, -0.05) is 32.9 Å². The van der Waals surface area contributed by atoms with Crippen molar-refractivity contribution in [3.63, 3.8) is 0 Å². The minimum atomic E-state index is -1.76. The number of carbonyl (C=O) groups excluding carboxylic acids is 2. The van der Waals surface area contributed by atoms with Crippen LogP contribution in [-0.2, 0) is 20.6 Å². The largest absolute Gasteiger partial charge is 0.413 e. The molecule has 0 heterocycles. The van der Waals surface area contributed by atoms with Crippen LogP contribution >= 0.6 is 0 Å². The Hall–Kier alpha value is -1.66. The standard InChI is InChI=1S/C17H28N2O3Si/c1-17(2,3)23(5,6)22-12-14-7-9-15(10-8-14)19(4)16(21)11-18-13-20/h7-10,13H,11-12H2,1-6H3,(H,18,20). The van der Waals surface area contributed by atoms with Crippen molar-refractivity contribution in [3.05, 3.63) is 29.8 Å². The molecule has 0 saturated heterocycles. The Kier molecular flexibility index (Phi) is 6.53. The van der Waals surface area contributed by atoms with Crippen molar-refractivity contribution in [2.24, 2.45) is 0 Å². The SMILES string of the molecule is CN(C(=O)CNC=O)c1ccc(CO[Si](C)(C)C(C)(C)C)cc1. The van der Waals surface area contributed by atoms with E-state index >= 15 is 0 Å². The number of anilines is 1. The van der Waals surface area contributed by atoms with Crippen molar-refractivity contribution < 1.29 is 14.0 Å². The number of carbonyl (C=O) groups is 2. The maximum absolute atomic E-state index is 11.8. The summed E-state index contributed by atoms with van der Waals surface area (Å²) in [5, 5.41) is 2.56. The number of hydrogen-bond acceptors (Lipinski definition) is 3. The molecule has 0 unspecified atom stereocenters. The molecule has 1 N–H and O–H groups in total. The zero-order valence-electron chi connectivity index (χ0n) is 15.0. The van der Waals surface area contributed by atoms with Gasteiger partial charge in [0.25, 0.3) is 0 Å². The fourth-order valence-corrected chi connectivity index (χ4v) is 2.65. The van der Waals surface area contributed by atoms with E-state index in [2.05, 4.69) is 39.2 Å². The van der Waals surface area contributed by atoms with E-state index in [1.165, 1.54) is 4.90 Å². The van der Waals surface area contributed by atoms with E-state index in [1.807, 2.05) is 24.3 Å². The number of rotatable bonds is 7. The van der Waals surface area contributed by atoms with Crippen LogP contribution in [0.3, 0.4) is 0 Å². The molecule has 0 aliphatic carbocycles. The van der Waals surface area contributed by atoms with Gasteiger partial charge >= 0.3 is 0 Å². The van der Waals surface area contributed by atoms with Crippen LogP contribution in [0.1, 0.15) is 26.3 Å². The average Bonchev–Trinajstić information content (AvgIpc) is 2.49. The number of amides is 2. The molecule has 1 rings (SSSR count). The molecule has 0 aliphatic rings. The lowest BCUT2D eigenvalue weighted by Gasteiger charge is -2.36. The number of likely N-dealkylation sites (N-methyl/N-ethyl adjacent to an activating group) is 1. The summed E-state index contributed by atoms with van der Waals surface area (Å²) in [5.41, 5.74) is 1.88. The Morgan fingerprint density at radius 2 is 1.83 bits per heavy atom. The molecule has 0 radical (unpaired) electrons. The monoisotopic (exact) mass is 336 g/mol. The van der Waals surface area contributed by atoms with Crippen molar-refractivity contribution in [1.82, 2.24) is 5.32 Å². The van der Waals surface area contributed by atoms with Crippen LogP contribution in [-0.4, -0.2) is 34.2 Å². The van der Waals surface area contributed by atoms with Gasteiger partial charge < -0.3 is 14.6 Å².